The smallest absolute Gasteiger partial charge is 0.425 e. The molecule has 0 N–H and O–H groups in total. The first-order valence-corrected chi connectivity index (χ1v) is 7.97. The molecule has 0 aliphatic rings. The molecule has 0 saturated heterocycles. The van der Waals surface area contributed by atoms with Gasteiger partial charge in [-0.1, -0.05) is 0 Å². The average Bonchev–Trinajstić information content (AvgIpc) is 2.33. The van der Waals surface area contributed by atoms with E-state index in [4.69, 9.17) is 0 Å². The number of rotatable bonds is 6. The Morgan fingerprint density at radius 3 is 1.00 bits per heavy atom. The van der Waals surface area contributed by atoms with Crippen LogP contribution in [0.25, 0.3) is 4.13 Å². The molecule has 5 nitrogen and oxygen atoms in total. The molecule has 0 heterocycles. The molecule has 22 heteroatoms. The summed E-state index contributed by atoms with van der Waals surface area (Å²) in [5.41, 5.74) is 0. The molecule has 0 aromatic heterocycles. The van der Waals surface area contributed by atoms with E-state index in [1.165, 1.54) is 0 Å². The van der Waals surface area contributed by atoms with Crippen molar-refractivity contribution in [3.8, 4) is 0 Å². The molecule has 0 radical (unpaired) electrons. The summed E-state index contributed by atoms with van der Waals surface area (Å²) in [6.45, 7) is 0. The monoisotopic (exact) mass is 487 g/mol. The van der Waals surface area contributed by atoms with E-state index in [1.807, 2.05) is 0 Å². The van der Waals surface area contributed by atoms with Crippen LogP contribution >= 0.6 is 0 Å². The molecule has 0 unspecified atom stereocenters. The second-order valence-corrected chi connectivity index (χ2v) is 7.72. The van der Waals surface area contributed by atoms with Gasteiger partial charge in [-0.05, 0) is 0 Å². The Balaban J connectivity index is 0. The molecule has 0 aromatic carbocycles. The molecule has 0 fully saturated rings. The van der Waals surface area contributed by atoms with Crippen LogP contribution in [0.15, 0.2) is 0 Å². The SMILES string of the molecule is O=S(=O)([N-]S(=O)(=O)C(F)(F)C(F)(F)C(F)(F)C(F)(F)F)C(F)(F)C(F)(F)F.[Li+]. The zero-order valence-corrected chi connectivity index (χ0v) is 13.8. The Morgan fingerprint density at radius 1 is 0.464 bits per heavy atom. The van der Waals surface area contributed by atoms with Gasteiger partial charge in [-0.15, -0.1) is 0 Å². The zero-order valence-electron chi connectivity index (χ0n) is 12.2. The molecule has 0 aromatic rings. The summed E-state index contributed by atoms with van der Waals surface area (Å²) >= 11 is 0. The minimum atomic E-state index is -8.37. The van der Waals surface area contributed by atoms with E-state index in [0.717, 1.165) is 0 Å². The maximum absolute atomic E-state index is 13.0. The van der Waals surface area contributed by atoms with Crippen molar-refractivity contribution < 1.29 is 97.2 Å². The molecule has 0 aliphatic heterocycles. The molecule has 0 saturated carbocycles. The number of alkyl halides is 14. The fraction of sp³-hybridized carbons (Fsp3) is 1.00. The number of sulfonamides is 2. The van der Waals surface area contributed by atoms with E-state index in [2.05, 4.69) is 0 Å². The number of halogens is 14. The van der Waals surface area contributed by atoms with Crippen molar-refractivity contribution in [1.29, 1.82) is 0 Å². The van der Waals surface area contributed by atoms with Gasteiger partial charge in [-0.2, -0.15) is 61.5 Å². The van der Waals surface area contributed by atoms with E-state index >= 15 is 0 Å². The first kappa shape index (κ1) is 29.7. The van der Waals surface area contributed by atoms with Gasteiger partial charge >= 0.3 is 53.6 Å². The molecule has 0 aliphatic carbocycles. The van der Waals surface area contributed by atoms with Crippen molar-refractivity contribution in [3.05, 3.63) is 4.13 Å². The number of hydrogen-bond acceptors (Lipinski definition) is 4. The first-order chi connectivity index (χ1) is 11.2. The summed E-state index contributed by atoms with van der Waals surface area (Å²) in [5, 5.41) is -15.2. The molecular formula is C6F14LiNO4S2. The molecule has 0 bridgehead atoms. The Hall–Kier alpha value is -0.523. The van der Waals surface area contributed by atoms with Crippen molar-refractivity contribution in [2.24, 2.45) is 0 Å². The van der Waals surface area contributed by atoms with E-state index < -0.39 is 54.8 Å². The topological polar surface area (TPSA) is 82.4 Å². The minimum absolute atomic E-state index is 0. The van der Waals surface area contributed by atoms with Crippen LogP contribution < -0.4 is 18.9 Å². The van der Waals surface area contributed by atoms with E-state index in [9.17, 15) is 78.3 Å². The van der Waals surface area contributed by atoms with Gasteiger partial charge < -0.3 is 4.13 Å². The van der Waals surface area contributed by atoms with E-state index in [1.54, 1.807) is 0 Å². The molecular weight excluding hydrogens is 487 g/mol. The van der Waals surface area contributed by atoms with Crippen LogP contribution in [-0.4, -0.2) is 51.5 Å². The van der Waals surface area contributed by atoms with Crippen molar-refractivity contribution in [1.82, 2.24) is 0 Å². The Bertz CT molecular complexity index is 782. The quantitative estimate of drug-likeness (QED) is 0.406. The van der Waals surface area contributed by atoms with Gasteiger partial charge in [0.15, 0.2) is 20.0 Å². The van der Waals surface area contributed by atoms with Crippen LogP contribution in [0.5, 0.6) is 0 Å². The standard InChI is InChI=1S/C6F14NO4S2.Li/c7-1(8,3(11,12)13)2(9,10)5(17,18)26(22,23)21-27(24,25)6(19,20)4(14,15)16;/q-1;+1. The van der Waals surface area contributed by atoms with Crippen LogP contribution in [-0.2, 0) is 20.0 Å². The van der Waals surface area contributed by atoms with Gasteiger partial charge in [-0.25, -0.2) is 16.8 Å². The first-order valence-electron chi connectivity index (χ1n) is 5.09. The van der Waals surface area contributed by atoms with Gasteiger partial charge in [0.2, 0.25) is 0 Å². The van der Waals surface area contributed by atoms with E-state index in [0.29, 0.717) is 0 Å². The van der Waals surface area contributed by atoms with Gasteiger partial charge in [0.05, 0.1) is 0 Å². The third kappa shape index (κ3) is 4.32. The largest absolute Gasteiger partial charge is 1.00 e. The summed E-state index contributed by atoms with van der Waals surface area (Å²) in [5.74, 6) is -16.0. The van der Waals surface area contributed by atoms with Crippen LogP contribution in [0, 0.1) is 0 Å². The minimum Gasteiger partial charge on any atom is -0.425 e. The predicted octanol–water partition coefficient (Wildman–Crippen LogP) is 0.604. The summed E-state index contributed by atoms with van der Waals surface area (Å²) < 4.78 is 215. The van der Waals surface area contributed by atoms with Gasteiger partial charge in [0, 0.05) is 0 Å². The van der Waals surface area contributed by atoms with Crippen molar-refractivity contribution in [2.75, 3.05) is 0 Å². The molecule has 0 rings (SSSR count). The molecule has 164 valence electrons. The second kappa shape index (κ2) is 7.31. The van der Waals surface area contributed by atoms with Gasteiger partial charge in [-0.3, -0.25) is 0 Å². The summed E-state index contributed by atoms with van der Waals surface area (Å²) in [7, 11) is -16.4. The van der Waals surface area contributed by atoms with E-state index in [-0.39, 0.29) is 23.0 Å². The van der Waals surface area contributed by atoms with Crippen molar-refractivity contribution in [3.63, 3.8) is 0 Å². The molecule has 28 heavy (non-hydrogen) atoms. The Kier molecular flexibility index (Phi) is 7.75. The van der Waals surface area contributed by atoms with Crippen LogP contribution in [0.3, 0.4) is 0 Å². The van der Waals surface area contributed by atoms with Crippen LogP contribution in [0.2, 0.25) is 0 Å². The van der Waals surface area contributed by atoms with Crippen molar-refractivity contribution >= 4 is 20.0 Å². The molecule has 0 atom stereocenters. The summed E-state index contributed by atoms with van der Waals surface area (Å²) in [4.78, 5) is 0. The third-order valence-electron chi connectivity index (χ3n) is 2.29. The number of nitrogens with zero attached hydrogens (tertiary/aromatic N) is 1. The molecule has 0 spiro atoms. The van der Waals surface area contributed by atoms with Crippen LogP contribution in [0.4, 0.5) is 61.5 Å². The van der Waals surface area contributed by atoms with Gasteiger partial charge in [0.1, 0.15) is 0 Å². The zero-order chi connectivity index (χ0) is 22.7. The van der Waals surface area contributed by atoms with Crippen molar-refractivity contribution in [2.45, 2.75) is 34.7 Å². The number of hydrogen-bond donors (Lipinski definition) is 0. The maximum Gasteiger partial charge on any atom is 1.00 e. The third-order valence-corrected chi connectivity index (χ3v) is 5.64. The average molecular weight is 487 g/mol. The fourth-order valence-electron chi connectivity index (χ4n) is 0.892. The summed E-state index contributed by atoms with van der Waals surface area (Å²) in [6, 6.07) is 0. The molecule has 0 amide bonds. The maximum atomic E-state index is 13.0. The summed E-state index contributed by atoms with van der Waals surface area (Å²) in [6.07, 6.45) is -14.9. The predicted molar refractivity (Wildman–Crippen MR) is 53.1 cm³/mol. The second-order valence-electron chi connectivity index (χ2n) is 4.20. The van der Waals surface area contributed by atoms with Crippen LogP contribution in [0.1, 0.15) is 0 Å². The fourth-order valence-corrected chi connectivity index (χ4v) is 3.42. The van der Waals surface area contributed by atoms with Gasteiger partial charge in [0.25, 0.3) is 0 Å². The Morgan fingerprint density at radius 2 is 0.750 bits per heavy atom. The Labute approximate surface area is 156 Å². The normalized spacial score (nSPS) is 15.9.